The average Bonchev–Trinajstić information content (AvgIpc) is 2.57. The Morgan fingerprint density at radius 2 is 2.13 bits per heavy atom. The number of hydrogen-bond acceptors (Lipinski definition) is 4. The molecule has 3 heterocycles. The standard InChI is InChI=1S/C17H15ClN5/c1-23(16-5-4-12(8-19)9-21-16)6-2-3-13(11-23)14-7-15(20)17(18)22-10-14/h2-7,9-10H,11,20H2,1H3/q+1. The number of aromatic nitrogens is 2. The Bertz CT molecular complexity index is 848. The maximum absolute atomic E-state index is 8.89. The Morgan fingerprint density at radius 3 is 2.78 bits per heavy atom. The minimum Gasteiger partial charge on any atom is -0.396 e. The molecular formula is C17H15ClN5+. The predicted octanol–water partition coefficient (Wildman–Crippen LogP) is 3.13. The number of nitriles is 1. The predicted molar refractivity (Wildman–Crippen MR) is 92.3 cm³/mol. The van der Waals surface area contributed by atoms with Crippen molar-refractivity contribution in [1.29, 1.82) is 5.26 Å². The third-order valence-corrected chi connectivity index (χ3v) is 4.16. The van der Waals surface area contributed by atoms with Crippen LogP contribution in [-0.4, -0.2) is 23.6 Å². The van der Waals surface area contributed by atoms with Gasteiger partial charge >= 0.3 is 0 Å². The quantitative estimate of drug-likeness (QED) is 0.680. The zero-order chi connectivity index (χ0) is 16.4. The number of quaternary nitrogens is 1. The number of pyridine rings is 2. The third-order valence-electron chi connectivity index (χ3n) is 3.85. The van der Waals surface area contributed by atoms with E-state index < -0.39 is 0 Å². The lowest BCUT2D eigenvalue weighted by atomic mass is 10.0. The van der Waals surface area contributed by atoms with Gasteiger partial charge in [0, 0.05) is 23.4 Å². The number of anilines is 1. The highest BCUT2D eigenvalue weighted by Gasteiger charge is 2.28. The summed E-state index contributed by atoms with van der Waals surface area (Å²) in [4.78, 5) is 8.53. The second-order valence-electron chi connectivity index (χ2n) is 5.58. The van der Waals surface area contributed by atoms with Crippen LogP contribution in [0.3, 0.4) is 0 Å². The Morgan fingerprint density at radius 1 is 1.30 bits per heavy atom. The van der Waals surface area contributed by atoms with Crippen molar-refractivity contribution in [2.24, 2.45) is 0 Å². The summed E-state index contributed by atoms with van der Waals surface area (Å²) in [6, 6.07) is 7.57. The highest BCUT2D eigenvalue weighted by Crippen LogP contribution is 2.29. The molecule has 0 saturated carbocycles. The first kappa shape index (κ1) is 15.2. The smallest absolute Gasteiger partial charge is 0.232 e. The van der Waals surface area contributed by atoms with Crippen LogP contribution in [0.25, 0.3) is 5.57 Å². The molecule has 6 heteroatoms. The van der Waals surface area contributed by atoms with Crippen LogP contribution in [0, 0.1) is 11.3 Å². The first-order chi connectivity index (χ1) is 11.0. The number of rotatable bonds is 2. The molecule has 2 N–H and O–H groups in total. The number of halogens is 1. The molecule has 2 aromatic rings. The molecule has 114 valence electrons. The van der Waals surface area contributed by atoms with E-state index in [1.165, 1.54) is 0 Å². The Hall–Kier alpha value is -2.68. The van der Waals surface area contributed by atoms with E-state index >= 15 is 0 Å². The van der Waals surface area contributed by atoms with Gasteiger partial charge in [-0.1, -0.05) is 11.6 Å². The van der Waals surface area contributed by atoms with Crippen molar-refractivity contribution >= 4 is 28.7 Å². The van der Waals surface area contributed by atoms with Gasteiger partial charge in [-0.15, -0.1) is 0 Å². The van der Waals surface area contributed by atoms with Gasteiger partial charge in [0.25, 0.3) is 0 Å². The summed E-state index contributed by atoms with van der Waals surface area (Å²) in [5, 5.41) is 9.21. The molecule has 0 radical (unpaired) electrons. The van der Waals surface area contributed by atoms with Crippen molar-refractivity contribution in [3.05, 3.63) is 65.2 Å². The van der Waals surface area contributed by atoms with Crippen molar-refractivity contribution in [3.8, 4) is 6.07 Å². The van der Waals surface area contributed by atoms with E-state index in [0.717, 1.165) is 17.0 Å². The SMILES string of the molecule is C[N+]1(c2ccc(C#N)cn2)C=CC=C(c2cnc(Cl)c(N)c2)C1. The monoisotopic (exact) mass is 324 g/mol. The summed E-state index contributed by atoms with van der Waals surface area (Å²) in [5.74, 6) is 0.862. The molecule has 0 spiro atoms. The highest BCUT2D eigenvalue weighted by atomic mass is 35.5. The summed E-state index contributed by atoms with van der Waals surface area (Å²) in [6.07, 6.45) is 9.40. The van der Waals surface area contributed by atoms with Gasteiger partial charge < -0.3 is 5.73 Å². The summed E-state index contributed by atoms with van der Waals surface area (Å²) in [6.45, 7) is 0.707. The molecule has 0 saturated heterocycles. The van der Waals surface area contributed by atoms with E-state index in [1.807, 2.05) is 24.3 Å². The van der Waals surface area contributed by atoms with Crippen molar-refractivity contribution in [2.75, 3.05) is 19.3 Å². The molecule has 0 amide bonds. The first-order valence-electron chi connectivity index (χ1n) is 7.03. The number of allylic oxidation sites excluding steroid dienone is 2. The fraction of sp³-hybridized carbons (Fsp3) is 0.118. The zero-order valence-electron chi connectivity index (χ0n) is 12.6. The van der Waals surface area contributed by atoms with Gasteiger partial charge in [0.1, 0.15) is 18.8 Å². The molecule has 1 unspecified atom stereocenters. The summed E-state index contributed by atoms with van der Waals surface area (Å²) >= 11 is 5.89. The van der Waals surface area contributed by atoms with Gasteiger partial charge in [-0.25, -0.2) is 14.5 Å². The van der Waals surface area contributed by atoms with Gasteiger partial charge in [0.05, 0.1) is 24.5 Å². The van der Waals surface area contributed by atoms with Crippen LogP contribution in [0.2, 0.25) is 5.15 Å². The molecule has 0 fully saturated rings. The Kier molecular flexibility index (Phi) is 3.87. The number of nitrogen functional groups attached to an aromatic ring is 1. The van der Waals surface area contributed by atoms with Crippen molar-refractivity contribution in [2.45, 2.75) is 0 Å². The molecule has 0 aliphatic carbocycles. The van der Waals surface area contributed by atoms with E-state index in [9.17, 15) is 0 Å². The molecule has 0 aromatic carbocycles. The van der Waals surface area contributed by atoms with E-state index in [2.05, 4.69) is 29.3 Å². The van der Waals surface area contributed by atoms with Crippen LogP contribution in [0.1, 0.15) is 11.1 Å². The molecule has 1 atom stereocenters. The normalized spacial score (nSPS) is 20.0. The number of nitrogens with two attached hydrogens (primary N) is 1. The van der Waals surface area contributed by atoms with Crippen LogP contribution in [0.5, 0.6) is 0 Å². The molecule has 0 bridgehead atoms. The first-order valence-corrected chi connectivity index (χ1v) is 7.41. The molecular weight excluding hydrogens is 310 g/mol. The van der Waals surface area contributed by atoms with Crippen LogP contribution in [-0.2, 0) is 0 Å². The average molecular weight is 325 g/mol. The van der Waals surface area contributed by atoms with Gasteiger partial charge in [-0.05, 0) is 24.3 Å². The Balaban J connectivity index is 1.92. The molecule has 1 aliphatic rings. The topological polar surface area (TPSA) is 75.6 Å². The van der Waals surface area contributed by atoms with Gasteiger partial charge in [0.15, 0.2) is 5.15 Å². The number of nitrogens with zero attached hydrogens (tertiary/aromatic N) is 4. The van der Waals surface area contributed by atoms with Crippen molar-refractivity contribution < 1.29 is 0 Å². The zero-order valence-corrected chi connectivity index (χ0v) is 13.3. The fourth-order valence-electron chi connectivity index (χ4n) is 2.55. The summed E-state index contributed by atoms with van der Waals surface area (Å²) in [7, 11) is 2.06. The maximum Gasteiger partial charge on any atom is 0.232 e. The largest absolute Gasteiger partial charge is 0.396 e. The maximum atomic E-state index is 8.89. The number of hydrogen-bond donors (Lipinski definition) is 1. The molecule has 2 aromatic heterocycles. The molecule has 23 heavy (non-hydrogen) atoms. The van der Waals surface area contributed by atoms with Gasteiger partial charge in [0.2, 0.25) is 5.82 Å². The van der Waals surface area contributed by atoms with E-state index in [0.29, 0.717) is 27.4 Å². The van der Waals surface area contributed by atoms with E-state index in [-0.39, 0.29) is 0 Å². The summed E-state index contributed by atoms with van der Waals surface area (Å²) < 4.78 is 0.500. The minimum atomic E-state index is 0.312. The van der Waals surface area contributed by atoms with Crippen LogP contribution >= 0.6 is 11.6 Å². The van der Waals surface area contributed by atoms with E-state index in [1.54, 1.807) is 18.5 Å². The van der Waals surface area contributed by atoms with Crippen LogP contribution in [0.4, 0.5) is 11.5 Å². The lowest BCUT2D eigenvalue weighted by Gasteiger charge is -2.31. The lowest BCUT2D eigenvalue weighted by molar-refractivity contribution is 0.480. The second kappa shape index (κ2) is 5.84. The molecule has 5 nitrogen and oxygen atoms in total. The highest BCUT2D eigenvalue weighted by molar-refractivity contribution is 6.31. The molecule has 3 rings (SSSR count). The van der Waals surface area contributed by atoms with Crippen molar-refractivity contribution in [1.82, 2.24) is 14.5 Å². The van der Waals surface area contributed by atoms with E-state index in [4.69, 9.17) is 22.6 Å². The lowest BCUT2D eigenvalue weighted by Crippen LogP contribution is -2.42. The van der Waals surface area contributed by atoms with Crippen molar-refractivity contribution in [3.63, 3.8) is 0 Å². The molecule has 1 aliphatic heterocycles. The third kappa shape index (κ3) is 2.95. The second-order valence-corrected chi connectivity index (χ2v) is 5.94. The fourth-order valence-corrected chi connectivity index (χ4v) is 2.65. The minimum absolute atomic E-state index is 0.312. The van der Waals surface area contributed by atoms with Crippen LogP contribution in [0.15, 0.2) is 48.9 Å². The Labute approximate surface area is 139 Å². The van der Waals surface area contributed by atoms with Gasteiger partial charge in [-0.2, -0.15) is 5.26 Å². The summed E-state index contributed by atoms with van der Waals surface area (Å²) in [5.41, 5.74) is 8.90. The number of likely N-dealkylation sites (N-methyl/N-ethyl adjacent to an activating group) is 1. The van der Waals surface area contributed by atoms with Crippen LogP contribution < -0.4 is 10.2 Å². The van der Waals surface area contributed by atoms with Gasteiger partial charge in [-0.3, -0.25) is 0 Å².